The van der Waals surface area contributed by atoms with Crippen LogP contribution in [-0.2, 0) is 0 Å². The molecular formula is C13H10BrClN2O. The lowest BCUT2D eigenvalue weighted by Crippen LogP contribution is -2.13. The number of halogens is 2. The third-order valence-electron chi connectivity index (χ3n) is 2.39. The number of carbonyl (C=O) groups is 1. The van der Waals surface area contributed by atoms with Crippen molar-refractivity contribution in [2.75, 3.05) is 5.32 Å². The molecule has 0 saturated heterocycles. The second-order valence-electron chi connectivity index (χ2n) is 3.75. The number of benzene rings is 1. The van der Waals surface area contributed by atoms with Crippen molar-refractivity contribution >= 4 is 39.1 Å². The van der Waals surface area contributed by atoms with Crippen LogP contribution in [0.3, 0.4) is 0 Å². The number of rotatable bonds is 2. The van der Waals surface area contributed by atoms with Crippen molar-refractivity contribution in [3.63, 3.8) is 0 Å². The molecule has 2 aromatic rings. The molecule has 0 aliphatic carbocycles. The number of aryl methyl sites for hydroxylation is 1. The maximum Gasteiger partial charge on any atom is 0.274 e. The van der Waals surface area contributed by atoms with Gasteiger partial charge in [0.25, 0.3) is 5.91 Å². The first-order valence-corrected chi connectivity index (χ1v) is 6.43. The highest BCUT2D eigenvalue weighted by atomic mass is 79.9. The molecule has 1 N–H and O–H groups in total. The van der Waals surface area contributed by atoms with Crippen molar-refractivity contribution in [2.24, 2.45) is 0 Å². The van der Waals surface area contributed by atoms with E-state index in [-0.39, 0.29) is 5.91 Å². The number of anilines is 1. The first-order valence-electron chi connectivity index (χ1n) is 5.26. The summed E-state index contributed by atoms with van der Waals surface area (Å²) in [6.07, 6.45) is 1.58. The minimum absolute atomic E-state index is 0.267. The van der Waals surface area contributed by atoms with Crippen LogP contribution in [0.25, 0.3) is 0 Å². The summed E-state index contributed by atoms with van der Waals surface area (Å²) in [5, 5.41) is 3.37. The molecule has 1 amide bonds. The molecule has 0 fully saturated rings. The number of hydrogen-bond acceptors (Lipinski definition) is 2. The fourth-order valence-electron chi connectivity index (χ4n) is 1.43. The number of hydrogen-bond donors (Lipinski definition) is 1. The highest BCUT2D eigenvalue weighted by Gasteiger charge is 2.10. The van der Waals surface area contributed by atoms with E-state index in [0.717, 1.165) is 10.0 Å². The lowest BCUT2D eigenvalue weighted by atomic mass is 10.2. The number of aromatic nitrogens is 1. The molecular weight excluding hydrogens is 316 g/mol. The molecule has 0 radical (unpaired) electrons. The predicted octanol–water partition coefficient (Wildman–Crippen LogP) is 4.06. The smallest absolute Gasteiger partial charge is 0.274 e. The van der Waals surface area contributed by atoms with E-state index in [1.165, 1.54) is 0 Å². The highest BCUT2D eigenvalue weighted by molar-refractivity contribution is 9.10. The topological polar surface area (TPSA) is 42.0 Å². The third kappa shape index (κ3) is 2.89. The molecule has 0 aliphatic rings. The van der Waals surface area contributed by atoms with Gasteiger partial charge in [0.15, 0.2) is 0 Å². The quantitative estimate of drug-likeness (QED) is 0.905. The van der Waals surface area contributed by atoms with Gasteiger partial charge in [-0.15, -0.1) is 0 Å². The molecule has 0 atom stereocenters. The third-order valence-corrected chi connectivity index (χ3v) is 3.46. The summed E-state index contributed by atoms with van der Waals surface area (Å²) in [6, 6.07) is 8.74. The molecule has 0 spiro atoms. The molecule has 5 heteroatoms. The van der Waals surface area contributed by atoms with Crippen molar-refractivity contribution in [3.05, 3.63) is 57.3 Å². The van der Waals surface area contributed by atoms with E-state index in [1.807, 2.05) is 13.0 Å². The molecule has 92 valence electrons. The zero-order chi connectivity index (χ0) is 13.1. The Morgan fingerprint density at radius 1 is 1.39 bits per heavy atom. The summed E-state index contributed by atoms with van der Waals surface area (Å²) in [5.41, 5.74) is 1.93. The second kappa shape index (κ2) is 5.50. The maximum atomic E-state index is 11.9. The second-order valence-corrected chi connectivity index (χ2v) is 5.01. The van der Waals surface area contributed by atoms with Crippen LogP contribution in [0, 0.1) is 6.92 Å². The van der Waals surface area contributed by atoms with Gasteiger partial charge >= 0.3 is 0 Å². The Morgan fingerprint density at radius 2 is 2.17 bits per heavy atom. The molecule has 3 nitrogen and oxygen atoms in total. The SMILES string of the molecule is Cc1cc(Br)c(NC(=O)c2ccccn2)cc1Cl. The molecule has 18 heavy (non-hydrogen) atoms. The van der Waals surface area contributed by atoms with Gasteiger partial charge in [0, 0.05) is 15.7 Å². The molecule has 1 aromatic carbocycles. The van der Waals surface area contributed by atoms with Crippen LogP contribution >= 0.6 is 27.5 Å². The molecule has 1 heterocycles. The number of nitrogens with one attached hydrogen (secondary N) is 1. The zero-order valence-electron chi connectivity index (χ0n) is 9.58. The Hall–Kier alpha value is -1.39. The van der Waals surface area contributed by atoms with E-state index < -0.39 is 0 Å². The van der Waals surface area contributed by atoms with Gasteiger partial charge in [0.1, 0.15) is 5.69 Å². The highest BCUT2D eigenvalue weighted by Crippen LogP contribution is 2.29. The standard InChI is InChI=1S/C13H10BrClN2O/c1-8-6-9(14)12(7-10(8)15)17-13(18)11-4-2-3-5-16-11/h2-7H,1H3,(H,17,18). The van der Waals surface area contributed by atoms with Crippen LogP contribution in [0.15, 0.2) is 41.0 Å². The minimum atomic E-state index is -0.267. The first kappa shape index (κ1) is 13.1. The van der Waals surface area contributed by atoms with Crippen LogP contribution in [-0.4, -0.2) is 10.9 Å². The summed E-state index contributed by atoms with van der Waals surface area (Å²) < 4.78 is 0.786. The Bertz CT molecular complexity index is 587. The van der Waals surface area contributed by atoms with E-state index in [0.29, 0.717) is 16.4 Å². The molecule has 1 aromatic heterocycles. The normalized spacial score (nSPS) is 10.2. The fraction of sp³-hybridized carbons (Fsp3) is 0.0769. The van der Waals surface area contributed by atoms with Crippen molar-refractivity contribution in [3.8, 4) is 0 Å². The Balaban J connectivity index is 2.25. The van der Waals surface area contributed by atoms with Crippen molar-refractivity contribution < 1.29 is 4.79 Å². The van der Waals surface area contributed by atoms with E-state index in [2.05, 4.69) is 26.2 Å². The van der Waals surface area contributed by atoms with E-state index >= 15 is 0 Å². The van der Waals surface area contributed by atoms with Gasteiger partial charge < -0.3 is 5.32 Å². The van der Waals surface area contributed by atoms with E-state index in [4.69, 9.17) is 11.6 Å². The van der Waals surface area contributed by atoms with Crippen LogP contribution < -0.4 is 5.32 Å². The van der Waals surface area contributed by atoms with Gasteiger partial charge in [-0.05, 0) is 52.7 Å². The van der Waals surface area contributed by atoms with Gasteiger partial charge in [-0.25, -0.2) is 0 Å². The number of amides is 1. The molecule has 0 saturated carbocycles. The van der Waals surface area contributed by atoms with Gasteiger partial charge in [-0.1, -0.05) is 17.7 Å². The molecule has 0 bridgehead atoms. The maximum absolute atomic E-state index is 11.9. The predicted molar refractivity (Wildman–Crippen MR) is 76.1 cm³/mol. The Morgan fingerprint density at radius 3 is 2.83 bits per heavy atom. The van der Waals surface area contributed by atoms with Crippen molar-refractivity contribution in [1.82, 2.24) is 4.98 Å². The average Bonchev–Trinajstić information content (AvgIpc) is 2.37. The summed E-state index contributed by atoms with van der Waals surface area (Å²) >= 11 is 9.42. The molecule has 2 rings (SSSR count). The summed E-state index contributed by atoms with van der Waals surface area (Å²) in [5.74, 6) is -0.267. The summed E-state index contributed by atoms with van der Waals surface area (Å²) in [7, 11) is 0. The lowest BCUT2D eigenvalue weighted by molar-refractivity contribution is 0.102. The van der Waals surface area contributed by atoms with Crippen molar-refractivity contribution in [1.29, 1.82) is 0 Å². The Labute approximate surface area is 118 Å². The van der Waals surface area contributed by atoms with Crippen LogP contribution in [0.1, 0.15) is 16.1 Å². The van der Waals surface area contributed by atoms with E-state index in [9.17, 15) is 4.79 Å². The van der Waals surface area contributed by atoms with Crippen molar-refractivity contribution in [2.45, 2.75) is 6.92 Å². The van der Waals surface area contributed by atoms with Crippen LogP contribution in [0.4, 0.5) is 5.69 Å². The summed E-state index contributed by atoms with van der Waals surface area (Å²) in [4.78, 5) is 15.9. The largest absolute Gasteiger partial charge is 0.320 e. The Kier molecular flexibility index (Phi) is 3.99. The minimum Gasteiger partial charge on any atom is -0.320 e. The number of carbonyl (C=O) groups excluding carboxylic acids is 1. The van der Waals surface area contributed by atoms with Gasteiger partial charge in [-0.2, -0.15) is 0 Å². The van der Waals surface area contributed by atoms with Crippen LogP contribution in [0.2, 0.25) is 5.02 Å². The summed E-state index contributed by atoms with van der Waals surface area (Å²) in [6.45, 7) is 1.90. The fourth-order valence-corrected chi connectivity index (χ4v) is 2.15. The van der Waals surface area contributed by atoms with Gasteiger partial charge in [-0.3, -0.25) is 9.78 Å². The van der Waals surface area contributed by atoms with Crippen LogP contribution in [0.5, 0.6) is 0 Å². The zero-order valence-corrected chi connectivity index (χ0v) is 11.9. The number of nitrogens with zero attached hydrogens (tertiary/aromatic N) is 1. The van der Waals surface area contributed by atoms with Gasteiger partial charge in [0.05, 0.1) is 5.69 Å². The monoisotopic (exact) mass is 324 g/mol. The van der Waals surface area contributed by atoms with Gasteiger partial charge in [0.2, 0.25) is 0 Å². The number of pyridine rings is 1. The molecule has 0 unspecified atom stereocenters. The first-order chi connectivity index (χ1) is 8.58. The molecule has 0 aliphatic heterocycles. The lowest BCUT2D eigenvalue weighted by Gasteiger charge is -2.09. The van der Waals surface area contributed by atoms with E-state index in [1.54, 1.807) is 30.5 Å². The average molecular weight is 326 g/mol.